The number of hydrogen-bond acceptors (Lipinski definition) is 6. The number of piperidine rings is 1. The highest BCUT2D eigenvalue weighted by atomic mass is 35.5. The van der Waals surface area contributed by atoms with Crippen molar-refractivity contribution in [3.63, 3.8) is 0 Å². The number of carbonyl (C=O) groups excluding carboxylic acids is 1. The molecule has 0 bridgehead atoms. The number of nitrogens with zero attached hydrogens (tertiary/aromatic N) is 1. The fraction of sp³-hybridized carbons (Fsp3) is 0.300. The van der Waals surface area contributed by atoms with Gasteiger partial charge in [-0.15, -0.1) is 0 Å². The first kappa shape index (κ1) is 32.9. The number of ether oxygens (including phenoxy) is 1. The molecule has 0 saturated carbocycles. The second kappa shape index (κ2) is 13.4. The van der Waals surface area contributed by atoms with E-state index in [0.29, 0.717) is 26.9 Å². The molecular formula is C30H31Cl2FN2O6S2. The molecule has 0 aliphatic carbocycles. The molecule has 0 spiro atoms. The summed E-state index contributed by atoms with van der Waals surface area (Å²) < 4.78 is 72.9. The molecule has 43 heavy (non-hydrogen) atoms. The largest absolute Gasteiger partial charge is 0.489 e. The minimum atomic E-state index is -4.12. The van der Waals surface area contributed by atoms with Gasteiger partial charge in [0.2, 0.25) is 10.0 Å². The molecule has 3 aromatic rings. The molecule has 1 fully saturated rings. The van der Waals surface area contributed by atoms with E-state index in [0.717, 1.165) is 21.5 Å². The molecule has 13 heteroatoms. The van der Waals surface area contributed by atoms with Gasteiger partial charge >= 0.3 is 0 Å². The number of rotatable bonds is 10. The summed E-state index contributed by atoms with van der Waals surface area (Å²) in [5.41, 5.74) is -0.625. The maximum atomic E-state index is 15.6. The second-order valence-electron chi connectivity index (χ2n) is 10.3. The van der Waals surface area contributed by atoms with Gasteiger partial charge in [0.05, 0.1) is 4.90 Å². The summed E-state index contributed by atoms with van der Waals surface area (Å²) in [5.74, 6) is -0.427. The minimum absolute atomic E-state index is 0.0181. The van der Waals surface area contributed by atoms with Crippen LogP contribution in [0.4, 0.5) is 4.39 Å². The fourth-order valence-corrected chi connectivity index (χ4v) is 7.09. The van der Waals surface area contributed by atoms with Gasteiger partial charge in [-0.1, -0.05) is 59.6 Å². The van der Waals surface area contributed by atoms with Crippen molar-refractivity contribution in [1.82, 2.24) is 9.62 Å². The Morgan fingerprint density at radius 2 is 1.74 bits per heavy atom. The first-order valence-electron chi connectivity index (χ1n) is 13.3. The molecule has 1 N–H and O–H groups in total. The van der Waals surface area contributed by atoms with Crippen LogP contribution in [0.1, 0.15) is 25.3 Å². The Kier molecular flexibility index (Phi) is 10.2. The molecule has 1 aliphatic rings. The summed E-state index contributed by atoms with van der Waals surface area (Å²) in [4.78, 5) is 12.7. The lowest BCUT2D eigenvalue weighted by atomic mass is 9.93. The van der Waals surface area contributed by atoms with E-state index in [4.69, 9.17) is 27.9 Å². The predicted octanol–water partition coefficient (Wildman–Crippen LogP) is 5.80. The number of hydrogen-bond donors (Lipinski definition) is 1. The number of halogens is 3. The lowest BCUT2D eigenvalue weighted by Gasteiger charge is -2.35. The van der Waals surface area contributed by atoms with Gasteiger partial charge in [-0.05, 0) is 48.9 Å². The standard InChI is InChI=1S/C30H31Cl2FN2O6S2/c1-21(12-17-42(2,37)38)34-29(36)30(33)13-15-35(16-14-30)43(39,40)28-11-10-24(31)19-26(28)22-7-5-8-25(18-22)41-20-23-6-3-4-9-27(23)32/h3-12,17-19,21H,13-16,20H2,1-2H3,(H,34,36)/b17-12-/t21-/m0/s1. The predicted molar refractivity (Wildman–Crippen MR) is 166 cm³/mol. The quantitative estimate of drug-likeness (QED) is 0.293. The van der Waals surface area contributed by atoms with Gasteiger partial charge < -0.3 is 10.1 Å². The lowest BCUT2D eigenvalue weighted by molar-refractivity contribution is -0.135. The Bertz CT molecular complexity index is 1740. The topological polar surface area (TPSA) is 110 Å². The van der Waals surface area contributed by atoms with Crippen LogP contribution < -0.4 is 10.1 Å². The van der Waals surface area contributed by atoms with Crippen LogP contribution in [0.3, 0.4) is 0 Å². The lowest BCUT2D eigenvalue weighted by Crippen LogP contribution is -2.53. The molecule has 1 heterocycles. The van der Waals surface area contributed by atoms with Crippen molar-refractivity contribution in [2.24, 2.45) is 0 Å². The number of benzene rings is 3. The van der Waals surface area contributed by atoms with Crippen LogP contribution in [0.2, 0.25) is 10.0 Å². The molecule has 1 saturated heterocycles. The summed E-state index contributed by atoms with van der Waals surface area (Å²) >= 11 is 12.5. The maximum Gasteiger partial charge on any atom is 0.258 e. The number of sulfone groups is 1. The van der Waals surface area contributed by atoms with Crippen LogP contribution in [0.25, 0.3) is 11.1 Å². The Morgan fingerprint density at radius 1 is 1.05 bits per heavy atom. The average molecular weight is 670 g/mol. The van der Waals surface area contributed by atoms with Crippen molar-refractivity contribution < 1.29 is 30.8 Å². The van der Waals surface area contributed by atoms with E-state index in [-0.39, 0.29) is 37.4 Å². The normalized spacial score (nSPS) is 16.6. The van der Waals surface area contributed by atoms with E-state index in [9.17, 15) is 21.6 Å². The first-order valence-corrected chi connectivity index (χ1v) is 17.5. The highest BCUT2D eigenvalue weighted by molar-refractivity contribution is 7.93. The molecular weight excluding hydrogens is 638 g/mol. The molecule has 4 rings (SSSR count). The van der Waals surface area contributed by atoms with Gasteiger partial charge in [-0.25, -0.2) is 21.2 Å². The van der Waals surface area contributed by atoms with Crippen LogP contribution in [0, 0.1) is 0 Å². The van der Waals surface area contributed by atoms with Crippen molar-refractivity contribution in [1.29, 1.82) is 0 Å². The summed E-state index contributed by atoms with van der Waals surface area (Å²) in [7, 11) is -7.52. The smallest absolute Gasteiger partial charge is 0.258 e. The number of amides is 1. The monoisotopic (exact) mass is 668 g/mol. The zero-order valence-corrected chi connectivity index (χ0v) is 26.6. The van der Waals surface area contributed by atoms with Gasteiger partial charge in [-0.3, -0.25) is 4.79 Å². The third kappa shape index (κ3) is 8.36. The highest BCUT2D eigenvalue weighted by Gasteiger charge is 2.45. The van der Waals surface area contributed by atoms with E-state index in [1.165, 1.54) is 25.1 Å². The van der Waals surface area contributed by atoms with Crippen LogP contribution in [-0.4, -0.2) is 58.1 Å². The van der Waals surface area contributed by atoms with Crippen molar-refractivity contribution in [3.8, 4) is 16.9 Å². The zero-order valence-electron chi connectivity index (χ0n) is 23.5. The van der Waals surface area contributed by atoms with E-state index in [1.807, 2.05) is 18.2 Å². The summed E-state index contributed by atoms with van der Waals surface area (Å²) in [6, 6.07) is 17.9. The van der Waals surface area contributed by atoms with Gasteiger partial charge in [0.15, 0.2) is 15.5 Å². The van der Waals surface area contributed by atoms with Crippen molar-refractivity contribution in [3.05, 3.63) is 93.8 Å². The van der Waals surface area contributed by atoms with Gasteiger partial charge in [0.1, 0.15) is 12.4 Å². The molecule has 1 amide bonds. The molecule has 0 aromatic heterocycles. The Hall–Kier alpha value is -2.96. The molecule has 0 unspecified atom stereocenters. The van der Waals surface area contributed by atoms with Crippen LogP contribution in [0.15, 0.2) is 83.1 Å². The van der Waals surface area contributed by atoms with E-state index in [1.54, 1.807) is 36.4 Å². The maximum absolute atomic E-state index is 15.6. The molecule has 230 valence electrons. The average Bonchev–Trinajstić information content (AvgIpc) is 2.95. The second-order valence-corrected chi connectivity index (χ2v) is 15.0. The number of sulfonamides is 1. The van der Waals surface area contributed by atoms with E-state index in [2.05, 4.69) is 5.32 Å². The number of carbonyl (C=O) groups is 1. The molecule has 1 aliphatic heterocycles. The van der Waals surface area contributed by atoms with Crippen molar-refractivity contribution in [2.45, 2.75) is 43.0 Å². The third-order valence-corrected chi connectivity index (χ3v) is 10.2. The fourth-order valence-electron chi connectivity index (χ4n) is 4.57. The van der Waals surface area contributed by atoms with Crippen molar-refractivity contribution in [2.75, 3.05) is 19.3 Å². The van der Waals surface area contributed by atoms with Crippen molar-refractivity contribution >= 4 is 49.0 Å². The Balaban J connectivity index is 1.51. The molecule has 8 nitrogen and oxygen atoms in total. The Morgan fingerprint density at radius 3 is 2.42 bits per heavy atom. The van der Waals surface area contributed by atoms with Crippen LogP contribution in [0.5, 0.6) is 5.75 Å². The van der Waals surface area contributed by atoms with E-state index >= 15 is 4.39 Å². The zero-order chi connectivity index (χ0) is 31.4. The molecule has 3 aromatic carbocycles. The minimum Gasteiger partial charge on any atom is -0.489 e. The summed E-state index contributed by atoms with van der Waals surface area (Å²) in [6.45, 7) is 1.26. The van der Waals surface area contributed by atoms with E-state index < -0.39 is 37.5 Å². The summed E-state index contributed by atoms with van der Waals surface area (Å²) in [6.07, 6.45) is 1.52. The highest BCUT2D eigenvalue weighted by Crippen LogP contribution is 2.36. The number of nitrogens with one attached hydrogen (secondary N) is 1. The van der Waals surface area contributed by atoms with Gasteiger partial charge in [0, 0.05) is 64.8 Å². The first-order chi connectivity index (χ1) is 20.2. The SMILES string of the molecule is C[C@@H](/C=C\S(C)(=O)=O)NC(=O)C1(F)CCN(S(=O)(=O)c2ccc(Cl)cc2-c2cccc(OCc3ccccc3Cl)c2)CC1. The van der Waals surface area contributed by atoms with Gasteiger partial charge in [0.25, 0.3) is 5.91 Å². The molecule has 0 radical (unpaired) electrons. The number of alkyl halides is 1. The Labute approximate surface area is 261 Å². The van der Waals surface area contributed by atoms with Crippen LogP contribution in [-0.2, 0) is 31.3 Å². The van der Waals surface area contributed by atoms with Gasteiger partial charge in [-0.2, -0.15) is 4.31 Å². The molecule has 1 atom stereocenters. The summed E-state index contributed by atoms with van der Waals surface area (Å²) in [5, 5.41) is 4.27. The third-order valence-electron chi connectivity index (χ3n) is 6.95. The van der Waals surface area contributed by atoms with Crippen LogP contribution >= 0.6 is 23.2 Å².